The van der Waals surface area contributed by atoms with Gasteiger partial charge in [0, 0.05) is 0 Å². The van der Waals surface area contributed by atoms with Gasteiger partial charge in [0.05, 0.1) is 0 Å². The van der Waals surface area contributed by atoms with Gasteiger partial charge < -0.3 is 21.0 Å². The molecule has 0 saturated carbocycles. The number of benzene rings is 1. The molecule has 0 aromatic heterocycles. The maximum atomic E-state index is 9.51. The summed E-state index contributed by atoms with van der Waals surface area (Å²) in [5, 5.41) is 23.5. The van der Waals surface area contributed by atoms with Crippen molar-refractivity contribution < 1.29 is 25.8 Å². The van der Waals surface area contributed by atoms with Crippen LogP contribution in [0.15, 0.2) is 24.3 Å². The van der Waals surface area contributed by atoms with Crippen LogP contribution in [-0.2, 0) is 6.42 Å². The van der Waals surface area contributed by atoms with E-state index in [1.54, 1.807) is 6.07 Å². The summed E-state index contributed by atoms with van der Waals surface area (Å²) in [6, 6.07) is 7.63. The molecule has 0 radical (unpaired) electrons. The van der Waals surface area contributed by atoms with Crippen molar-refractivity contribution in [2.75, 3.05) is 0 Å². The van der Waals surface area contributed by atoms with Crippen LogP contribution in [0.1, 0.15) is 50.3 Å². The number of carboxylic acid groups (broad SMARTS) is 2. The second kappa shape index (κ2) is 18.5. The molecule has 1 aromatic carbocycles. The molecule has 0 aliphatic carbocycles. The molecule has 0 bridgehead atoms. The minimum Gasteiger partial charge on any atom is -1.00 e. The molecular formula is C14H26Ba2O4. The number of phenolic OH excluding ortho intramolecular Hbond substituents is 1. The normalized spacial score (nSPS) is 8.45. The SMILES string of the molecule is CCCCCCCc1ccccc1O.O=C(O)O.[Ba+2].[Ba+2].[H-].[H-].[H-].[H-]. The first-order valence-corrected chi connectivity index (χ1v) is 6.26. The van der Waals surface area contributed by atoms with E-state index in [1.807, 2.05) is 18.2 Å². The fourth-order valence-electron chi connectivity index (χ4n) is 1.64. The summed E-state index contributed by atoms with van der Waals surface area (Å²) >= 11 is 0. The first-order chi connectivity index (χ1) is 8.57. The van der Waals surface area contributed by atoms with Crippen molar-refractivity contribution >= 4 is 104 Å². The molecular weight excluding hydrogens is 507 g/mol. The van der Waals surface area contributed by atoms with Gasteiger partial charge in [-0.05, 0) is 24.5 Å². The predicted molar refractivity (Wildman–Crippen MR) is 87.2 cm³/mol. The molecule has 3 N–H and O–H groups in total. The van der Waals surface area contributed by atoms with E-state index in [4.69, 9.17) is 15.0 Å². The zero-order valence-electron chi connectivity index (χ0n) is 16.2. The number of aromatic hydroxyl groups is 1. The van der Waals surface area contributed by atoms with Crippen LogP contribution in [-0.4, -0.2) is 119 Å². The van der Waals surface area contributed by atoms with Crippen molar-refractivity contribution in [2.24, 2.45) is 0 Å². The number of rotatable bonds is 6. The van der Waals surface area contributed by atoms with Crippen molar-refractivity contribution in [2.45, 2.75) is 45.4 Å². The average Bonchev–Trinajstić information content (AvgIpc) is 2.30. The fourth-order valence-corrected chi connectivity index (χ4v) is 1.64. The average molecular weight is 533 g/mol. The Morgan fingerprint density at radius 3 is 2.05 bits per heavy atom. The standard InChI is InChI=1S/C13H20O.CH2O3.2Ba.4H/c1-2-3-4-5-6-9-12-10-7-8-11-13(12)14;2-1(3)4;;;;;;/h7-8,10-11,14H,2-6,9H2,1H3;(H2,2,3,4);;;;;;/q;;2*+2;4*-1. The zero-order chi connectivity index (χ0) is 13.8. The molecule has 0 saturated heterocycles. The van der Waals surface area contributed by atoms with Crippen LogP contribution in [0, 0.1) is 0 Å². The van der Waals surface area contributed by atoms with Gasteiger partial charge in [-0.25, -0.2) is 4.79 Å². The molecule has 6 heteroatoms. The third-order valence-corrected chi connectivity index (χ3v) is 2.54. The number of unbranched alkanes of at least 4 members (excludes halogenated alkanes) is 4. The molecule has 4 nitrogen and oxygen atoms in total. The minimum atomic E-state index is -1.83. The quantitative estimate of drug-likeness (QED) is 0.384. The Balaban J connectivity index is -0.0000000527. The Morgan fingerprint density at radius 2 is 1.55 bits per heavy atom. The summed E-state index contributed by atoms with van der Waals surface area (Å²) in [7, 11) is 0. The zero-order valence-corrected chi connectivity index (χ0v) is 21.1. The van der Waals surface area contributed by atoms with Gasteiger partial charge in [-0.1, -0.05) is 50.8 Å². The Bertz CT molecular complexity index is 357. The van der Waals surface area contributed by atoms with Gasteiger partial charge in [0.1, 0.15) is 5.75 Å². The van der Waals surface area contributed by atoms with E-state index in [0.717, 1.165) is 12.0 Å². The first kappa shape index (κ1) is 26.3. The molecule has 0 unspecified atom stereocenters. The van der Waals surface area contributed by atoms with E-state index >= 15 is 0 Å². The molecule has 0 aliphatic rings. The smallest absolute Gasteiger partial charge is 1.00 e. The largest absolute Gasteiger partial charge is 2.00 e. The minimum absolute atomic E-state index is 0. The summed E-state index contributed by atoms with van der Waals surface area (Å²) in [5.41, 5.74) is 1.09. The van der Waals surface area contributed by atoms with Gasteiger partial charge in [-0.2, -0.15) is 0 Å². The van der Waals surface area contributed by atoms with Gasteiger partial charge in [0.15, 0.2) is 0 Å². The number of hydrogen-bond donors (Lipinski definition) is 3. The van der Waals surface area contributed by atoms with Crippen LogP contribution in [0.25, 0.3) is 0 Å². The number of hydrogen-bond acceptors (Lipinski definition) is 2. The van der Waals surface area contributed by atoms with E-state index in [0.29, 0.717) is 5.75 Å². The van der Waals surface area contributed by atoms with Crippen LogP contribution in [0.5, 0.6) is 5.75 Å². The van der Waals surface area contributed by atoms with E-state index in [-0.39, 0.29) is 103 Å². The van der Waals surface area contributed by atoms with E-state index in [1.165, 1.54) is 32.1 Å². The first-order valence-electron chi connectivity index (χ1n) is 6.26. The van der Waals surface area contributed by atoms with Crippen LogP contribution in [0.4, 0.5) is 4.79 Å². The second-order valence-corrected chi connectivity index (χ2v) is 4.08. The van der Waals surface area contributed by atoms with Crippen molar-refractivity contribution in [3.05, 3.63) is 29.8 Å². The summed E-state index contributed by atoms with van der Waals surface area (Å²) in [4.78, 5) is 8.56. The molecule has 0 amide bonds. The van der Waals surface area contributed by atoms with Crippen LogP contribution in [0.2, 0.25) is 0 Å². The van der Waals surface area contributed by atoms with E-state index in [2.05, 4.69) is 6.92 Å². The summed E-state index contributed by atoms with van der Waals surface area (Å²) in [5.74, 6) is 0.447. The van der Waals surface area contributed by atoms with Crippen LogP contribution in [0.3, 0.4) is 0 Å². The molecule has 0 heterocycles. The second-order valence-electron chi connectivity index (χ2n) is 4.08. The van der Waals surface area contributed by atoms with Gasteiger partial charge >= 0.3 is 104 Å². The van der Waals surface area contributed by atoms with Crippen molar-refractivity contribution in [3.8, 4) is 5.75 Å². The molecule has 0 spiro atoms. The monoisotopic (exact) mass is 534 g/mol. The Hall–Kier alpha value is 1.43. The number of phenols is 1. The Morgan fingerprint density at radius 1 is 1.05 bits per heavy atom. The Kier molecular flexibility index (Phi) is 24.3. The third kappa shape index (κ3) is 17.5. The van der Waals surface area contributed by atoms with Crippen molar-refractivity contribution in [3.63, 3.8) is 0 Å². The van der Waals surface area contributed by atoms with Gasteiger partial charge in [-0.3, -0.25) is 0 Å². The number of carbonyl (C=O) groups is 1. The number of aryl methyl sites for hydroxylation is 1. The summed E-state index contributed by atoms with van der Waals surface area (Å²) in [6.07, 6.45) is 5.59. The van der Waals surface area contributed by atoms with E-state index < -0.39 is 6.16 Å². The van der Waals surface area contributed by atoms with Gasteiger partial charge in [0.2, 0.25) is 0 Å². The molecule has 0 atom stereocenters. The summed E-state index contributed by atoms with van der Waals surface area (Å²) < 4.78 is 0. The molecule has 1 rings (SSSR count). The van der Waals surface area contributed by atoms with Crippen LogP contribution >= 0.6 is 0 Å². The van der Waals surface area contributed by atoms with Gasteiger partial charge in [-0.15, -0.1) is 0 Å². The maximum Gasteiger partial charge on any atom is 2.00 e. The Labute approximate surface area is 207 Å². The van der Waals surface area contributed by atoms with Gasteiger partial charge in [0.25, 0.3) is 0 Å². The molecule has 20 heavy (non-hydrogen) atoms. The predicted octanol–water partition coefficient (Wildman–Crippen LogP) is 3.82. The van der Waals surface area contributed by atoms with Crippen molar-refractivity contribution in [1.82, 2.24) is 0 Å². The molecule has 1 aromatic rings. The maximum absolute atomic E-state index is 9.51. The molecule has 0 aliphatic heterocycles. The van der Waals surface area contributed by atoms with E-state index in [9.17, 15) is 5.11 Å². The summed E-state index contributed by atoms with van der Waals surface area (Å²) in [6.45, 7) is 2.23. The topological polar surface area (TPSA) is 77.8 Å². The fraction of sp³-hybridized carbons (Fsp3) is 0.500. The molecule has 110 valence electrons. The molecule has 0 fully saturated rings. The third-order valence-electron chi connectivity index (χ3n) is 2.54. The van der Waals surface area contributed by atoms with Crippen molar-refractivity contribution in [1.29, 1.82) is 0 Å². The van der Waals surface area contributed by atoms with Crippen LogP contribution < -0.4 is 0 Å². The number of para-hydroxylation sites is 1.